The van der Waals surface area contributed by atoms with Gasteiger partial charge in [0.05, 0.1) is 12.6 Å². The first kappa shape index (κ1) is 12.9. The van der Waals surface area contributed by atoms with E-state index in [1.807, 2.05) is 11.8 Å². The van der Waals surface area contributed by atoms with Gasteiger partial charge in [0.2, 0.25) is 0 Å². The van der Waals surface area contributed by atoms with Gasteiger partial charge in [0.15, 0.2) is 0 Å². The largest absolute Gasteiger partial charge is 0.496 e. The van der Waals surface area contributed by atoms with Gasteiger partial charge < -0.3 is 10.1 Å². The fourth-order valence-corrected chi connectivity index (χ4v) is 2.56. The van der Waals surface area contributed by atoms with Gasteiger partial charge in [-0.3, -0.25) is 0 Å². The van der Waals surface area contributed by atoms with Crippen LogP contribution in [0, 0.1) is 0 Å². The lowest BCUT2D eigenvalue weighted by Crippen LogP contribution is -2.34. The van der Waals surface area contributed by atoms with E-state index >= 15 is 0 Å². The predicted molar refractivity (Wildman–Crippen MR) is 68.3 cm³/mol. The van der Waals surface area contributed by atoms with Crippen molar-refractivity contribution in [1.29, 1.82) is 0 Å². The Morgan fingerprint density at radius 2 is 2.33 bits per heavy atom. The molecule has 1 unspecified atom stereocenters. The average Bonchev–Trinajstić information content (AvgIpc) is 2.76. The first-order valence-electron chi connectivity index (χ1n) is 6.02. The molecule has 0 fully saturated rings. The second-order valence-electron chi connectivity index (χ2n) is 3.83. The summed E-state index contributed by atoms with van der Waals surface area (Å²) in [6, 6.07) is 0.434. The molecule has 0 saturated heterocycles. The number of ether oxygens (including phenoxy) is 1. The van der Waals surface area contributed by atoms with Crippen molar-refractivity contribution < 1.29 is 4.74 Å². The summed E-state index contributed by atoms with van der Waals surface area (Å²) in [6.07, 6.45) is 5.76. The van der Waals surface area contributed by atoms with Crippen LogP contribution >= 0.6 is 11.8 Å². The Morgan fingerprint density at radius 3 is 2.93 bits per heavy atom. The maximum atomic E-state index is 5.63. The van der Waals surface area contributed by atoms with Gasteiger partial charge in [-0.05, 0) is 31.2 Å². The fraction of sp³-hybridized carbons (Fsp3) is 0.833. The van der Waals surface area contributed by atoms with Gasteiger partial charge in [0.25, 0.3) is 0 Å². The molecule has 1 rings (SSSR count). The van der Waals surface area contributed by atoms with E-state index in [4.69, 9.17) is 4.74 Å². The topological polar surface area (TPSA) is 21.3 Å². The molecule has 88 valence electrons. The molecule has 1 aliphatic heterocycles. The fourth-order valence-electron chi connectivity index (χ4n) is 1.59. The molecular formula is C12H23NOS. The first-order chi connectivity index (χ1) is 7.38. The SMILES string of the molecule is CCCNC(CSCCC)C1=CCCO1. The minimum atomic E-state index is 0.434. The molecule has 2 nitrogen and oxygen atoms in total. The van der Waals surface area contributed by atoms with Crippen LogP contribution in [0.2, 0.25) is 0 Å². The lowest BCUT2D eigenvalue weighted by Gasteiger charge is -2.19. The van der Waals surface area contributed by atoms with Crippen LogP contribution in [-0.2, 0) is 4.74 Å². The summed E-state index contributed by atoms with van der Waals surface area (Å²) < 4.78 is 5.63. The van der Waals surface area contributed by atoms with Crippen molar-refractivity contribution >= 4 is 11.8 Å². The third-order valence-corrected chi connectivity index (χ3v) is 3.62. The van der Waals surface area contributed by atoms with E-state index in [9.17, 15) is 0 Å². The van der Waals surface area contributed by atoms with E-state index in [0.717, 1.165) is 25.3 Å². The number of rotatable bonds is 8. The van der Waals surface area contributed by atoms with Crippen LogP contribution in [-0.4, -0.2) is 30.7 Å². The summed E-state index contributed by atoms with van der Waals surface area (Å²) in [7, 11) is 0. The Kier molecular flexibility index (Phi) is 6.94. The second-order valence-corrected chi connectivity index (χ2v) is 4.98. The lowest BCUT2D eigenvalue weighted by atomic mass is 10.2. The van der Waals surface area contributed by atoms with Gasteiger partial charge in [0.1, 0.15) is 5.76 Å². The van der Waals surface area contributed by atoms with Gasteiger partial charge in [-0.2, -0.15) is 11.8 Å². The van der Waals surface area contributed by atoms with Crippen LogP contribution in [0.4, 0.5) is 0 Å². The third kappa shape index (κ3) is 4.94. The zero-order valence-electron chi connectivity index (χ0n) is 9.92. The van der Waals surface area contributed by atoms with Gasteiger partial charge >= 0.3 is 0 Å². The van der Waals surface area contributed by atoms with E-state index in [1.165, 1.54) is 24.4 Å². The summed E-state index contributed by atoms with van der Waals surface area (Å²) in [5.74, 6) is 3.56. The molecule has 0 spiro atoms. The van der Waals surface area contributed by atoms with E-state index in [0.29, 0.717) is 6.04 Å². The van der Waals surface area contributed by atoms with Crippen molar-refractivity contribution in [2.24, 2.45) is 0 Å². The van der Waals surface area contributed by atoms with Crippen molar-refractivity contribution in [1.82, 2.24) is 5.32 Å². The zero-order chi connectivity index (χ0) is 10.9. The zero-order valence-corrected chi connectivity index (χ0v) is 10.7. The van der Waals surface area contributed by atoms with Crippen LogP contribution in [0.3, 0.4) is 0 Å². The molecule has 1 heterocycles. The molecule has 15 heavy (non-hydrogen) atoms. The highest BCUT2D eigenvalue weighted by Crippen LogP contribution is 2.17. The third-order valence-electron chi connectivity index (χ3n) is 2.35. The standard InChI is InChI=1S/C12H23NOS/c1-3-7-13-11(10-15-9-4-2)12-6-5-8-14-12/h6,11,13H,3-5,7-10H2,1-2H3. The summed E-state index contributed by atoms with van der Waals surface area (Å²) >= 11 is 2.02. The number of hydrogen-bond donors (Lipinski definition) is 1. The lowest BCUT2D eigenvalue weighted by molar-refractivity contribution is 0.220. The molecule has 0 radical (unpaired) electrons. The Labute approximate surface area is 97.8 Å². The molecule has 0 amide bonds. The normalized spacial score (nSPS) is 17.3. The van der Waals surface area contributed by atoms with E-state index in [2.05, 4.69) is 25.2 Å². The maximum absolute atomic E-state index is 5.63. The van der Waals surface area contributed by atoms with Gasteiger partial charge in [-0.15, -0.1) is 0 Å². The molecule has 3 heteroatoms. The van der Waals surface area contributed by atoms with Gasteiger partial charge in [0, 0.05) is 12.2 Å². The summed E-state index contributed by atoms with van der Waals surface area (Å²) in [4.78, 5) is 0. The number of nitrogens with one attached hydrogen (secondary N) is 1. The molecule has 1 N–H and O–H groups in total. The highest BCUT2D eigenvalue weighted by molar-refractivity contribution is 7.99. The quantitative estimate of drug-likeness (QED) is 0.647. The minimum Gasteiger partial charge on any atom is -0.496 e. The number of hydrogen-bond acceptors (Lipinski definition) is 3. The highest BCUT2D eigenvalue weighted by Gasteiger charge is 2.17. The Bertz CT molecular complexity index is 194. The van der Waals surface area contributed by atoms with Crippen molar-refractivity contribution in [3.63, 3.8) is 0 Å². The second kappa shape index (κ2) is 8.05. The molecule has 1 atom stereocenters. The molecule has 0 aromatic rings. The molecule has 0 aliphatic carbocycles. The molecule has 0 aromatic heterocycles. The first-order valence-corrected chi connectivity index (χ1v) is 7.18. The Morgan fingerprint density at radius 1 is 1.47 bits per heavy atom. The maximum Gasteiger partial charge on any atom is 0.110 e. The smallest absolute Gasteiger partial charge is 0.110 e. The van der Waals surface area contributed by atoms with Gasteiger partial charge in [-0.1, -0.05) is 13.8 Å². The van der Waals surface area contributed by atoms with Crippen LogP contribution < -0.4 is 5.32 Å². The predicted octanol–water partition coefficient (Wildman–Crippen LogP) is 2.80. The Balaban J connectivity index is 2.30. The molecule has 0 saturated carbocycles. The summed E-state index contributed by atoms with van der Waals surface area (Å²) in [5, 5.41) is 3.56. The monoisotopic (exact) mass is 229 g/mol. The molecular weight excluding hydrogens is 206 g/mol. The molecule has 0 bridgehead atoms. The van der Waals surface area contributed by atoms with E-state index in [-0.39, 0.29) is 0 Å². The van der Waals surface area contributed by atoms with E-state index in [1.54, 1.807) is 0 Å². The summed E-state index contributed by atoms with van der Waals surface area (Å²) in [5.41, 5.74) is 0. The highest BCUT2D eigenvalue weighted by atomic mass is 32.2. The minimum absolute atomic E-state index is 0.434. The van der Waals surface area contributed by atoms with Crippen molar-refractivity contribution in [2.75, 3.05) is 24.7 Å². The Hall–Kier alpha value is -0.150. The summed E-state index contributed by atoms with van der Waals surface area (Å²) in [6.45, 7) is 6.39. The number of thioether (sulfide) groups is 1. The van der Waals surface area contributed by atoms with E-state index < -0.39 is 0 Å². The van der Waals surface area contributed by atoms with Gasteiger partial charge in [-0.25, -0.2) is 0 Å². The van der Waals surface area contributed by atoms with Crippen molar-refractivity contribution in [3.8, 4) is 0 Å². The van der Waals surface area contributed by atoms with Crippen LogP contribution in [0.1, 0.15) is 33.1 Å². The van der Waals surface area contributed by atoms with Crippen LogP contribution in [0.5, 0.6) is 0 Å². The van der Waals surface area contributed by atoms with Crippen molar-refractivity contribution in [3.05, 3.63) is 11.8 Å². The molecule has 0 aromatic carbocycles. The van der Waals surface area contributed by atoms with Crippen LogP contribution in [0.25, 0.3) is 0 Å². The van der Waals surface area contributed by atoms with Crippen LogP contribution in [0.15, 0.2) is 11.8 Å². The van der Waals surface area contributed by atoms with Crippen molar-refractivity contribution in [2.45, 2.75) is 39.2 Å². The average molecular weight is 229 g/mol. The molecule has 1 aliphatic rings.